The second-order valence-corrected chi connectivity index (χ2v) is 3.04. The van der Waals surface area contributed by atoms with Gasteiger partial charge in [0.2, 0.25) is 0 Å². The number of hydrogen-bond acceptors (Lipinski definition) is 3. The molecule has 0 aromatic heterocycles. The predicted molar refractivity (Wildman–Crippen MR) is 50.1 cm³/mol. The van der Waals surface area contributed by atoms with Gasteiger partial charge in [0.15, 0.2) is 0 Å². The maximum atomic E-state index is 11.3. The lowest BCUT2D eigenvalue weighted by Gasteiger charge is -1.97. The van der Waals surface area contributed by atoms with Crippen LogP contribution >= 0.6 is 0 Å². The molecule has 1 aliphatic heterocycles. The van der Waals surface area contributed by atoms with Gasteiger partial charge in [0.25, 0.3) is 0 Å². The predicted octanol–water partition coefficient (Wildman–Crippen LogP) is 1.54. The summed E-state index contributed by atoms with van der Waals surface area (Å²) in [5.74, 6) is -1.10. The summed E-state index contributed by atoms with van der Waals surface area (Å²) in [6.45, 7) is 1.59. The van der Waals surface area contributed by atoms with Crippen molar-refractivity contribution in [3.63, 3.8) is 0 Å². The zero-order valence-corrected chi connectivity index (χ0v) is 7.61. The normalized spacial score (nSPS) is 16.1. The lowest BCUT2D eigenvalue weighted by atomic mass is 10.0. The molecule has 14 heavy (non-hydrogen) atoms. The first-order chi connectivity index (χ1) is 6.70. The minimum absolute atomic E-state index is 0.371. The third-order valence-corrected chi connectivity index (χ3v) is 2.13. The van der Waals surface area contributed by atoms with E-state index in [1.807, 2.05) is 18.2 Å². The van der Waals surface area contributed by atoms with Gasteiger partial charge < -0.3 is 4.74 Å². The van der Waals surface area contributed by atoms with Gasteiger partial charge in [0, 0.05) is 5.57 Å². The van der Waals surface area contributed by atoms with Crippen molar-refractivity contribution in [2.24, 2.45) is 0 Å². The van der Waals surface area contributed by atoms with Crippen LogP contribution in [0.15, 0.2) is 35.9 Å². The quantitative estimate of drug-likeness (QED) is 0.496. The summed E-state index contributed by atoms with van der Waals surface area (Å²) in [4.78, 5) is 22.4. The molecule has 3 nitrogen and oxygen atoms in total. The second-order valence-electron chi connectivity index (χ2n) is 3.04. The highest BCUT2D eigenvalue weighted by Gasteiger charge is 2.30. The molecule has 3 heteroatoms. The van der Waals surface area contributed by atoms with Gasteiger partial charge in [-0.15, -0.1) is 0 Å². The SMILES string of the molecule is CC1=C(c2ccccc2)C(=O)OC1=O. The highest BCUT2D eigenvalue weighted by atomic mass is 16.6. The number of benzene rings is 1. The van der Waals surface area contributed by atoms with Crippen LogP contribution in [0.5, 0.6) is 0 Å². The number of rotatable bonds is 1. The van der Waals surface area contributed by atoms with Crippen molar-refractivity contribution in [1.82, 2.24) is 0 Å². The molecule has 0 unspecified atom stereocenters. The van der Waals surface area contributed by atoms with Crippen molar-refractivity contribution in [2.75, 3.05) is 0 Å². The van der Waals surface area contributed by atoms with Crippen LogP contribution in [0.25, 0.3) is 5.57 Å². The summed E-state index contributed by atoms with van der Waals surface area (Å²) in [7, 11) is 0. The van der Waals surface area contributed by atoms with Crippen LogP contribution < -0.4 is 0 Å². The maximum absolute atomic E-state index is 11.3. The molecule has 0 atom stereocenters. The van der Waals surface area contributed by atoms with Crippen molar-refractivity contribution in [2.45, 2.75) is 6.92 Å². The van der Waals surface area contributed by atoms with E-state index in [1.165, 1.54) is 0 Å². The van der Waals surface area contributed by atoms with E-state index in [-0.39, 0.29) is 0 Å². The summed E-state index contributed by atoms with van der Waals surface area (Å²) in [5, 5.41) is 0. The van der Waals surface area contributed by atoms with E-state index in [0.717, 1.165) is 5.56 Å². The van der Waals surface area contributed by atoms with Gasteiger partial charge in [-0.25, -0.2) is 9.59 Å². The summed E-state index contributed by atoms with van der Waals surface area (Å²) in [6, 6.07) is 9.02. The second kappa shape index (κ2) is 3.10. The van der Waals surface area contributed by atoms with Crippen molar-refractivity contribution in [3.8, 4) is 0 Å². The molecule has 1 heterocycles. The molecule has 0 N–H and O–H groups in total. The number of esters is 2. The average molecular weight is 188 g/mol. The Kier molecular flexibility index (Phi) is 1.93. The van der Waals surface area contributed by atoms with Crippen LogP contribution in [0.2, 0.25) is 0 Å². The van der Waals surface area contributed by atoms with E-state index in [0.29, 0.717) is 11.1 Å². The summed E-state index contributed by atoms with van der Waals surface area (Å²) in [6.07, 6.45) is 0. The Morgan fingerprint density at radius 2 is 1.64 bits per heavy atom. The fourth-order valence-corrected chi connectivity index (χ4v) is 1.41. The number of ether oxygens (including phenoxy) is 1. The van der Waals surface area contributed by atoms with Gasteiger partial charge in [-0.2, -0.15) is 0 Å². The fraction of sp³-hybridized carbons (Fsp3) is 0.0909. The Labute approximate surface area is 81.0 Å². The van der Waals surface area contributed by atoms with E-state index in [9.17, 15) is 9.59 Å². The van der Waals surface area contributed by atoms with Gasteiger partial charge in [-0.05, 0) is 12.5 Å². The van der Waals surface area contributed by atoms with E-state index >= 15 is 0 Å². The van der Waals surface area contributed by atoms with Gasteiger partial charge in [-0.1, -0.05) is 30.3 Å². The standard InChI is InChI=1S/C11H8O3/c1-7-9(11(13)14-10(7)12)8-5-3-2-4-6-8/h2-6H,1H3. The van der Waals surface area contributed by atoms with Crippen molar-refractivity contribution in [1.29, 1.82) is 0 Å². The summed E-state index contributed by atoms with van der Waals surface area (Å²) in [5.41, 5.74) is 1.47. The first kappa shape index (κ1) is 8.69. The minimum Gasteiger partial charge on any atom is -0.386 e. The minimum atomic E-state index is -0.557. The van der Waals surface area contributed by atoms with Crippen LogP contribution in [-0.4, -0.2) is 11.9 Å². The highest BCUT2D eigenvalue weighted by Crippen LogP contribution is 2.26. The molecule has 0 bridgehead atoms. The zero-order chi connectivity index (χ0) is 10.1. The van der Waals surface area contributed by atoms with Gasteiger partial charge in [0.1, 0.15) is 0 Å². The van der Waals surface area contributed by atoms with Gasteiger partial charge in [-0.3, -0.25) is 0 Å². The number of cyclic esters (lactones) is 2. The van der Waals surface area contributed by atoms with E-state index in [1.54, 1.807) is 19.1 Å². The first-order valence-corrected chi connectivity index (χ1v) is 4.23. The monoisotopic (exact) mass is 188 g/mol. The molecule has 0 saturated carbocycles. The lowest BCUT2D eigenvalue weighted by molar-refractivity contribution is -0.150. The first-order valence-electron chi connectivity index (χ1n) is 4.23. The van der Waals surface area contributed by atoms with Gasteiger partial charge in [0.05, 0.1) is 5.57 Å². The molecular weight excluding hydrogens is 180 g/mol. The van der Waals surface area contributed by atoms with Crippen molar-refractivity contribution < 1.29 is 14.3 Å². The Morgan fingerprint density at radius 3 is 2.14 bits per heavy atom. The molecule has 0 radical (unpaired) electrons. The number of hydrogen-bond donors (Lipinski definition) is 0. The molecule has 1 aliphatic rings. The Bertz CT molecular complexity index is 429. The maximum Gasteiger partial charge on any atom is 0.347 e. The summed E-state index contributed by atoms with van der Waals surface area (Å²) < 4.78 is 4.49. The van der Waals surface area contributed by atoms with E-state index in [4.69, 9.17) is 0 Å². The van der Waals surface area contributed by atoms with Crippen molar-refractivity contribution in [3.05, 3.63) is 41.5 Å². The molecule has 0 amide bonds. The van der Waals surface area contributed by atoms with Crippen LogP contribution in [0.1, 0.15) is 12.5 Å². The molecule has 2 rings (SSSR count). The largest absolute Gasteiger partial charge is 0.386 e. The van der Waals surface area contributed by atoms with Crippen LogP contribution in [0.4, 0.5) is 0 Å². The molecular formula is C11H8O3. The molecule has 0 saturated heterocycles. The molecule has 1 aromatic rings. The Balaban J connectivity index is 2.54. The third-order valence-electron chi connectivity index (χ3n) is 2.13. The van der Waals surface area contributed by atoms with E-state index in [2.05, 4.69) is 4.74 Å². The van der Waals surface area contributed by atoms with Crippen LogP contribution in [0.3, 0.4) is 0 Å². The molecule has 0 fully saturated rings. The van der Waals surface area contributed by atoms with Gasteiger partial charge >= 0.3 is 11.9 Å². The zero-order valence-electron chi connectivity index (χ0n) is 7.61. The summed E-state index contributed by atoms with van der Waals surface area (Å²) >= 11 is 0. The molecule has 0 spiro atoms. The van der Waals surface area contributed by atoms with Crippen LogP contribution in [0, 0.1) is 0 Å². The average Bonchev–Trinajstić information content (AvgIpc) is 2.43. The third kappa shape index (κ3) is 1.23. The van der Waals surface area contributed by atoms with E-state index < -0.39 is 11.9 Å². The molecule has 1 aromatic carbocycles. The number of carbonyl (C=O) groups is 2. The van der Waals surface area contributed by atoms with Crippen LogP contribution in [-0.2, 0) is 14.3 Å². The lowest BCUT2D eigenvalue weighted by Crippen LogP contribution is -2.01. The molecule has 0 aliphatic carbocycles. The Hall–Kier alpha value is -1.90. The fourth-order valence-electron chi connectivity index (χ4n) is 1.41. The topological polar surface area (TPSA) is 43.4 Å². The van der Waals surface area contributed by atoms with Crippen molar-refractivity contribution >= 4 is 17.5 Å². The highest BCUT2D eigenvalue weighted by molar-refractivity contribution is 6.30. The molecule has 70 valence electrons. The smallest absolute Gasteiger partial charge is 0.347 e. The Morgan fingerprint density at radius 1 is 1.00 bits per heavy atom. The number of carbonyl (C=O) groups excluding carboxylic acids is 2.